The Morgan fingerprint density at radius 2 is 2.12 bits per heavy atom. The van der Waals surface area contributed by atoms with Crippen LogP contribution < -0.4 is 10.5 Å². The quantitative estimate of drug-likeness (QED) is 0.791. The van der Waals surface area contributed by atoms with Gasteiger partial charge in [-0.3, -0.25) is 4.79 Å². The molecule has 3 heteroatoms. The largest absolute Gasteiger partial charge is 0.493 e. The van der Waals surface area contributed by atoms with Gasteiger partial charge in [-0.2, -0.15) is 0 Å². The maximum Gasteiger partial charge on any atom is 0.225 e. The molecule has 0 aliphatic carbocycles. The predicted octanol–water partition coefficient (Wildman–Crippen LogP) is 2.37. The third kappa shape index (κ3) is 2.54. The highest BCUT2D eigenvalue weighted by molar-refractivity contribution is 5.83. The molecule has 1 aliphatic heterocycles. The normalized spacial score (nSPS) is 17.6. The van der Waals surface area contributed by atoms with Crippen molar-refractivity contribution >= 4 is 5.91 Å². The first-order valence-electron chi connectivity index (χ1n) is 5.71. The number of aryl methyl sites for hydroxylation is 1. The Labute approximate surface area is 96.6 Å². The standard InChI is InChI=1S/C11H13NO2.C2H6/c1-7-2-3-10-9(6-7)8(11(12)13)4-5-14-10;1-2/h2-3,6,8H,4-5H2,1H3,(H2,12,13);1-2H3. The summed E-state index contributed by atoms with van der Waals surface area (Å²) in [7, 11) is 0. The number of amides is 1. The monoisotopic (exact) mass is 221 g/mol. The van der Waals surface area contributed by atoms with Gasteiger partial charge in [0.2, 0.25) is 5.91 Å². The highest BCUT2D eigenvalue weighted by Gasteiger charge is 2.25. The topological polar surface area (TPSA) is 52.3 Å². The maximum absolute atomic E-state index is 11.2. The summed E-state index contributed by atoms with van der Waals surface area (Å²) in [5.74, 6) is 0.351. The van der Waals surface area contributed by atoms with Crippen LogP contribution in [0.15, 0.2) is 18.2 Å². The summed E-state index contributed by atoms with van der Waals surface area (Å²) in [4.78, 5) is 11.2. The molecule has 1 aliphatic rings. The summed E-state index contributed by atoms with van der Waals surface area (Å²) >= 11 is 0. The highest BCUT2D eigenvalue weighted by Crippen LogP contribution is 2.33. The molecule has 1 aromatic rings. The number of hydrogen-bond acceptors (Lipinski definition) is 2. The molecule has 0 saturated carbocycles. The Morgan fingerprint density at radius 1 is 1.44 bits per heavy atom. The molecule has 16 heavy (non-hydrogen) atoms. The lowest BCUT2D eigenvalue weighted by Crippen LogP contribution is -2.26. The number of carbonyl (C=O) groups is 1. The van der Waals surface area contributed by atoms with Gasteiger partial charge < -0.3 is 10.5 Å². The fourth-order valence-electron chi connectivity index (χ4n) is 1.81. The average molecular weight is 221 g/mol. The van der Waals surface area contributed by atoms with Crippen molar-refractivity contribution in [3.63, 3.8) is 0 Å². The van der Waals surface area contributed by atoms with Gasteiger partial charge in [-0.05, 0) is 19.4 Å². The number of fused-ring (bicyclic) bond motifs is 1. The number of rotatable bonds is 1. The van der Waals surface area contributed by atoms with E-state index in [0.29, 0.717) is 13.0 Å². The van der Waals surface area contributed by atoms with Gasteiger partial charge in [-0.1, -0.05) is 31.5 Å². The SMILES string of the molecule is CC.Cc1ccc2c(c1)C(C(N)=O)CCO2. The number of carbonyl (C=O) groups excluding carboxylic acids is 1. The van der Waals surface area contributed by atoms with Crippen LogP contribution in [-0.4, -0.2) is 12.5 Å². The van der Waals surface area contributed by atoms with Crippen LogP contribution >= 0.6 is 0 Å². The molecule has 0 radical (unpaired) electrons. The molecule has 0 saturated heterocycles. The van der Waals surface area contributed by atoms with Crippen LogP contribution in [0.2, 0.25) is 0 Å². The Balaban J connectivity index is 0.000000606. The summed E-state index contributed by atoms with van der Waals surface area (Å²) in [5.41, 5.74) is 7.40. The Kier molecular flexibility index (Phi) is 4.35. The van der Waals surface area contributed by atoms with Crippen molar-refractivity contribution in [1.29, 1.82) is 0 Å². The minimum Gasteiger partial charge on any atom is -0.493 e. The molecule has 0 aromatic heterocycles. The van der Waals surface area contributed by atoms with Gasteiger partial charge in [-0.15, -0.1) is 0 Å². The molecule has 0 fully saturated rings. The van der Waals surface area contributed by atoms with Gasteiger partial charge >= 0.3 is 0 Å². The summed E-state index contributed by atoms with van der Waals surface area (Å²) in [6, 6.07) is 5.85. The van der Waals surface area contributed by atoms with Crippen LogP contribution in [0.1, 0.15) is 37.3 Å². The molecule has 88 valence electrons. The second-order valence-electron chi connectivity index (χ2n) is 3.63. The lowest BCUT2D eigenvalue weighted by Gasteiger charge is -2.23. The van der Waals surface area contributed by atoms with Gasteiger partial charge in [0.05, 0.1) is 12.5 Å². The summed E-state index contributed by atoms with van der Waals surface area (Å²) in [6.45, 7) is 6.57. The number of benzene rings is 1. The van der Waals surface area contributed by atoms with Gasteiger partial charge in [0.25, 0.3) is 0 Å². The van der Waals surface area contributed by atoms with E-state index in [0.717, 1.165) is 16.9 Å². The smallest absolute Gasteiger partial charge is 0.225 e. The van der Waals surface area contributed by atoms with E-state index >= 15 is 0 Å². The molecule has 2 rings (SSSR count). The minimum absolute atomic E-state index is 0.182. The first-order valence-corrected chi connectivity index (χ1v) is 5.71. The Morgan fingerprint density at radius 3 is 2.75 bits per heavy atom. The van der Waals surface area contributed by atoms with E-state index in [-0.39, 0.29) is 11.8 Å². The van der Waals surface area contributed by atoms with Crippen LogP contribution in [0, 0.1) is 6.92 Å². The molecular formula is C13H19NO2. The van der Waals surface area contributed by atoms with E-state index in [2.05, 4.69) is 0 Å². The minimum atomic E-state index is -0.264. The van der Waals surface area contributed by atoms with Crippen LogP contribution in [0.25, 0.3) is 0 Å². The molecule has 1 unspecified atom stereocenters. The third-order valence-electron chi connectivity index (χ3n) is 2.55. The third-order valence-corrected chi connectivity index (χ3v) is 2.55. The van der Waals surface area contributed by atoms with Crippen molar-refractivity contribution in [1.82, 2.24) is 0 Å². The lowest BCUT2D eigenvalue weighted by atomic mass is 9.91. The Hall–Kier alpha value is -1.51. The average Bonchev–Trinajstić information content (AvgIpc) is 2.30. The molecule has 3 nitrogen and oxygen atoms in total. The number of primary amides is 1. The van der Waals surface area contributed by atoms with Crippen molar-refractivity contribution in [2.75, 3.05) is 6.61 Å². The number of nitrogens with two attached hydrogens (primary N) is 1. The van der Waals surface area contributed by atoms with E-state index in [1.54, 1.807) is 0 Å². The summed E-state index contributed by atoms with van der Waals surface area (Å²) in [6.07, 6.45) is 0.686. The maximum atomic E-state index is 11.2. The first-order chi connectivity index (χ1) is 7.68. The fraction of sp³-hybridized carbons (Fsp3) is 0.462. The zero-order valence-electron chi connectivity index (χ0n) is 10.1. The zero-order chi connectivity index (χ0) is 12.1. The zero-order valence-corrected chi connectivity index (χ0v) is 10.1. The first kappa shape index (κ1) is 12.6. The fourth-order valence-corrected chi connectivity index (χ4v) is 1.81. The van der Waals surface area contributed by atoms with Gasteiger partial charge in [-0.25, -0.2) is 0 Å². The molecular weight excluding hydrogens is 202 g/mol. The predicted molar refractivity (Wildman–Crippen MR) is 64.6 cm³/mol. The van der Waals surface area contributed by atoms with Gasteiger partial charge in [0, 0.05) is 5.56 Å². The van der Waals surface area contributed by atoms with E-state index < -0.39 is 0 Å². The van der Waals surface area contributed by atoms with E-state index in [9.17, 15) is 4.79 Å². The molecule has 1 atom stereocenters. The van der Waals surface area contributed by atoms with Crippen LogP contribution in [0.3, 0.4) is 0 Å². The molecule has 1 aromatic carbocycles. The molecule has 0 bridgehead atoms. The highest BCUT2D eigenvalue weighted by atomic mass is 16.5. The molecule has 1 heterocycles. The summed E-state index contributed by atoms with van der Waals surface area (Å²) < 4.78 is 5.45. The number of ether oxygens (including phenoxy) is 1. The van der Waals surface area contributed by atoms with Crippen molar-refractivity contribution in [3.05, 3.63) is 29.3 Å². The van der Waals surface area contributed by atoms with Crippen LogP contribution in [-0.2, 0) is 4.79 Å². The lowest BCUT2D eigenvalue weighted by molar-refractivity contribution is -0.120. The van der Waals surface area contributed by atoms with Crippen molar-refractivity contribution in [2.24, 2.45) is 5.73 Å². The molecule has 1 amide bonds. The molecule has 0 spiro atoms. The van der Waals surface area contributed by atoms with E-state index in [1.807, 2.05) is 39.0 Å². The van der Waals surface area contributed by atoms with Gasteiger partial charge in [0.15, 0.2) is 0 Å². The van der Waals surface area contributed by atoms with E-state index in [1.165, 1.54) is 0 Å². The number of hydrogen-bond donors (Lipinski definition) is 1. The summed E-state index contributed by atoms with van der Waals surface area (Å²) in [5, 5.41) is 0. The van der Waals surface area contributed by atoms with Gasteiger partial charge in [0.1, 0.15) is 5.75 Å². The van der Waals surface area contributed by atoms with Crippen molar-refractivity contribution < 1.29 is 9.53 Å². The Bertz CT molecular complexity index is 374. The second-order valence-corrected chi connectivity index (χ2v) is 3.63. The van der Waals surface area contributed by atoms with Crippen LogP contribution in [0.4, 0.5) is 0 Å². The van der Waals surface area contributed by atoms with Crippen molar-refractivity contribution in [3.8, 4) is 5.75 Å². The second kappa shape index (κ2) is 5.54. The van der Waals surface area contributed by atoms with Crippen LogP contribution in [0.5, 0.6) is 5.75 Å². The van der Waals surface area contributed by atoms with E-state index in [4.69, 9.17) is 10.5 Å². The molecule has 2 N–H and O–H groups in total. The van der Waals surface area contributed by atoms with Crippen molar-refractivity contribution in [2.45, 2.75) is 33.1 Å².